The van der Waals surface area contributed by atoms with Crippen molar-refractivity contribution in [2.45, 2.75) is 87.6 Å². The van der Waals surface area contributed by atoms with Gasteiger partial charge in [0.05, 0.1) is 28.2 Å². The van der Waals surface area contributed by atoms with E-state index < -0.39 is 43.4 Å². The SMILES string of the molecule is CC1(C)CCC(CN2CCN(c3ccc(C(=O)NS(=O)(=O)c4ccc(NCC5CCCN(CCOCCCSc6cccc7c6CN(C6CCC(=O)NC6=O)C7=O)C5)c([N+](=O)[O-])c4)c(Oc4cnc5[nH]ccc5c4)c3)CC2)=C(c2ccc(Cl)cc2)C1. The highest BCUT2D eigenvalue weighted by Crippen LogP contribution is 2.44. The first kappa shape index (κ1) is 60.4. The van der Waals surface area contributed by atoms with Crippen molar-refractivity contribution >= 4 is 90.7 Å². The number of sulfonamides is 1. The number of aromatic amines is 1. The maximum atomic E-state index is 14.2. The second-order valence-corrected chi connectivity index (χ2v) is 26.9. The van der Waals surface area contributed by atoms with E-state index in [0.29, 0.717) is 69.3 Å². The minimum atomic E-state index is -4.64. The molecule has 2 aromatic heterocycles. The van der Waals surface area contributed by atoms with Gasteiger partial charge in [-0.25, -0.2) is 18.1 Å². The van der Waals surface area contributed by atoms with Crippen LogP contribution in [0.3, 0.4) is 0 Å². The fraction of sp³-hybridized carbons (Fsp3) is 0.413. The lowest BCUT2D eigenvalue weighted by Crippen LogP contribution is -2.52. The molecule has 86 heavy (non-hydrogen) atoms. The third-order valence-corrected chi connectivity index (χ3v) is 19.8. The van der Waals surface area contributed by atoms with Gasteiger partial charge < -0.3 is 34.5 Å². The van der Waals surface area contributed by atoms with E-state index in [2.05, 4.69) is 66.0 Å². The van der Waals surface area contributed by atoms with Crippen molar-refractivity contribution in [3.05, 3.63) is 146 Å². The minimum Gasteiger partial charge on any atom is -0.455 e. The number of hydrogen-bond donors (Lipinski definition) is 4. The number of H-pyrrole nitrogens is 1. The molecule has 452 valence electrons. The van der Waals surface area contributed by atoms with Gasteiger partial charge in [-0.1, -0.05) is 49.2 Å². The number of allylic oxidation sites excluding steroid dienone is 1. The molecule has 2 atom stereocenters. The molecule has 5 aliphatic rings. The Kier molecular flexibility index (Phi) is 18.5. The summed E-state index contributed by atoms with van der Waals surface area (Å²) >= 11 is 7.92. The topological polar surface area (TPSA) is 242 Å². The molecule has 6 aromatic rings. The first-order valence-corrected chi connectivity index (χ1v) is 32.3. The molecule has 20 nitrogen and oxygen atoms in total. The van der Waals surface area contributed by atoms with Crippen LogP contribution in [-0.2, 0) is 30.9 Å². The van der Waals surface area contributed by atoms with Gasteiger partial charge in [0.15, 0.2) is 0 Å². The molecule has 4 aromatic carbocycles. The molecule has 4 N–H and O–H groups in total. The highest BCUT2D eigenvalue weighted by atomic mass is 35.5. The van der Waals surface area contributed by atoms with Gasteiger partial charge in [0.1, 0.15) is 28.9 Å². The zero-order chi connectivity index (χ0) is 60.1. The van der Waals surface area contributed by atoms with E-state index >= 15 is 0 Å². The molecule has 3 fully saturated rings. The highest BCUT2D eigenvalue weighted by molar-refractivity contribution is 7.99. The number of pyridine rings is 1. The lowest BCUT2D eigenvalue weighted by molar-refractivity contribution is -0.384. The number of piperazine rings is 1. The van der Waals surface area contributed by atoms with Crippen LogP contribution >= 0.6 is 23.4 Å². The first-order chi connectivity index (χ1) is 41.4. The Bertz CT molecular complexity index is 3700. The number of anilines is 2. The fourth-order valence-corrected chi connectivity index (χ4v) is 14.4. The molecule has 0 spiro atoms. The largest absolute Gasteiger partial charge is 0.455 e. The summed E-state index contributed by atoms with van der Waals surface area (Å²) in [7, 11) is -4.64. The van der Waals surface area contributed by atoms with Crippen LogP contribution in [0.1, 0.15) is 97.1 Å². The number of thioether (sulfide) groups is 1. The highest BCUT2D eigenvalue weighted by Gasteiger charge is 2.40. The molecular formula is C63H71ClN10O10S2. The number of nitro benzene ring substituents is 1. The van der Waals surface area contributed by atoms with Crippen molar-refractivity contribution in [2.24, 2.45) is 11.3 Å². The van der Waals surface area contributed by atoms with Crippen molar-refractivity contribution in [1.82, 2.24) is 34.7 Å². The van der Waals surface area contributed by atoms with Gasteiger partial charge in [-0.15, -0.1) is 11.8 Å². The first-order valence-electron chi connectivity index (χ1n) is 29.4. The number of hydrogen-bond acceptors (Lipinski definition) is 16. The fourth-order valence-electron chi connectivity index (χ4n) is 12.3. The van der Waals surface area contributed by atoms with E-state index in [9.17, 15) is 37.7 Å². The van der Waals surface area contributed by atoms with Gasteiger partial charge in [0.2, 0.25) is 11.8 Å². The quantitative estimate of drug-likeness (QED) is 0.0162. The Morgan fingerprint density at radius 2 is 1.77 bits per heavy atom. The van der Waals surface area contributed by atoms with Crippen LogP contribution in [0.5, 0.6) is 11.5 Å². The smallest absolute Gasteiger partial charge is 0.293 e. The second-order valence-electron chi connectivity index (χ2n) is 23.6. The van der Waals surface area contributed by atoms with Crippen molar-refractivity contribution in [3.8, 4) is 11.5 Å². The van der Waals surface area contributed by atoms with Crippen molar-refractivity contribution in [1.29, 1.82) is 0 Å². The number of amides is 4. The normalized spacial score (nSPS) is 19.4. The van der Waals surface area contributed by atoms with Crippen LogP contribution in [0.15, 0.2) is 119 Å². The molecule has 0 bridgehead atoms. The Balaban J connectivity index is 0.675. The number of nitrogens with one attached hydrogen (secondary N) is 4. The second kappa shape index (κ2) is 26.3. The number of benzene rings is 4. The maximum Gasteiger partial charge on any atom is 0.293 e. The molecule has 4 aliphatic heterocycles. The monoisotopic (exact) mass is 1230 g/mol. The molecule has 2 unspecified atom stereocenters. The molecule has 6 heterocycles. The van der Waals surface area contributed by atoms with Gasteiger partial charge >= 0.3 is 0 Å². The summed E-state index contributed by atoms with van der Waals surface area (Å²) in [5, 5.41) is 19.6. The predicted molar refractivity (Wildman–Crippen MR) is 331 cm³/mol. The van der Waals surface area contributed by atoms with Crippen LogP contribution < -0.4 is 25.0 Å². The van der Waals surface area contributed by atoms with Crippen molar-refractivity contribution in [3.63, 3.8) is 0 Å². The number of ether oxygens (including phenoxy) is 2. The number of nitro groups is 1. The molecule has 23 heteroatoms. The number of carbonyl (C=O) groups is 4. The summed E-state index contributed by atoms with van der Waals surface area (Å²) in [5.74, 6) is -0.534. The lowest BCUT2D eigenvalue weighted by atomic mass is 9.72. The van der Waals surface area contributed by atoms with E-state index in [1.807, 2.05) is 30.3 Å². The number of nitrogens with zero attached hydrogens (tertiary/aromatic N) is 6. The number of likely N-dealkylation sites (tertiary alicyclic amines) is 1. The van der Waals surface area contributed by atoms with E-state index in [1.165, 1.54) is 35.0 Å². The average Bonchev–Trinajstić information content (AvgIpc) is 2.84. The number of aromatic nitrogens is 2. The number of carbonyl (C=O) groups excluding carboxylic acids is 4. The van der Waals surface area contributed by atoms with Crippen LogP contribution in [0.2, 0.25) is 5.02 Å². The van der Waals surface area contributed by atoms with Crippen LogP contribution in [0, 0.1) is 21.4 Å². The molecular weight excluding hydrogens is 1160 g/mol. The lowest BCUT2D eigenvalue weighted by Gasteiger charge is -2.39. The van der Waals surface area contributed by atoms with E-state index in [0.717, 1.165) is 110 Å². The van der Waals surface area contributed by atoms with Gasteiger partial charge in [0.25, 0.3) is 27.5 Å². The van der Waals surface area contributed by atoms with Crippen molar-refractivity contribution in [2.75, 3.05) is 88.1 Å². The number of rotatable bonds is 22. The summed E-state index contributed by atoms with van der Waals surface area (Å²) in [6.45, 7) is 12.7. The summed E-state index contributed by atoms with van der Waals surface area (Å²) < 4.78 is 42.6. The van der Waals surface area contributed by atoms with Gasteiger partial charge in [-0.3, -0.25) is 39.5 Å². The molecule has 4 amide bonds. The van der Waals surface area contributed by atoms with Gasteiger partial charge in [0, 0.05) is 123 Å². The third kappa shape index (κ3) is 14.2. The van der Waals surface area contributed by atoms with Crippen LogP contribution in [-0.4, -0.2) is 146 Å². The Labute approximate surface area is 509 Å². The maximum absolute atomic E-state index is 14.2. The van der Waals surface area contributed by atoms with Crippen LogP contribution in [0.25, 0.3) is 16.6 Å². The minimum absolute atomic E-state index is 0.0575. The number of imide groups is 1. The standard InChI is InChI=1S/C63H71ClN10O10S2/c1-63(2)21-19-44(51(35-63)42-9-11-45(64)12-10-42)39-71-24-26-72(27-25-71)46-13-15-50(56(33-46)84-47-32-43-20-22-65-59(43)67-37-47)60(76)69-86(81,82)48-14-16-53(55(34-48)74(79)80)66-36-41-6-4-23-70(38-41)28-30-83-29-5-31-85-57-8-3-7-49-52(57)40-73(62(49)78)54-17-18-58(75)68-61(54)77/h3,7-16,20,22,32-34,37,41,54,66H,4-6,17-19,21,23-31,35-36,38-40H2,1-2H3,(H,65,67)(H,69,76)(H,68,75,77). The van der Waals surface area contributed by atoms with Crippen molar-refractivity contribution < 1.29 is 42.0 Å². The molecule has 3 saturated heterocycles. The molecule has 11 rings (SSSR count). The summed E-state index contributed by atoms with van der Waals surface area (Å²) in [4.78, 5) is 80.2. The Hall–Kier alpha value is -7.34. The summed E-state index contributed by atoms with van der Waals surface area (Å²) in [6.07, 6.45) is 9.57. The van der Waals surface area contributed by atoms with E-state index in [4.69, 9.17) is 21.1 Å². The zero-order valence-electron chi connectivity index (χ0n) is 48.3. The average molecular weight is 1230 g/mol. The Morgan fingerprint density at radius 3 is 2.57 bits per heavy atom. The number of piperidine rings is 2. The molecule has 0 radical (unpaired) electrons. The third-order valence-electron chi connectivity index (χ3n) is 17.0. The molecule has 0 saturated carbocycles. The zero-order valence-corrected chi connectivity index (χ0v) is 50.7. The number of fused-ring (bicyclic) bond motifs is 2. The van der Waals surface area contributed by atoms with Crippen LogP contribution in [0.4, 0.5) is 17.1 Å². The predicted octanol–water partition coefficient (Wildman–Crippen LogP) is 9.91. The summed E-state index contributed by atoms with van der Waals surface area (Å²) in [6, 6.07) is 25.4. The van der Waals surface area contributed by atoms with Gasteiger partial charge in [-0.2, -0.15) is 0 Å². The van der Waals surface area contributed by atoms with E-state index in [-0.39, 0.29) is 46.6 Å². The van der Waals surface area contributed by atoms with E-state index in [1.54, 1.807) is 53.2 Å². The summed E-state index contributed by atoms with van der Waals surface area (Å²) in [5.41, 5.74) is 6.88. The number of halogens is 1. The molecule has 1 aliphatic carbocycles. The Morgan fingerprint density at radius 1 is 0.942 bits per heavy atom. The van der Waals surface area contributed by atoms with Gasteiger partial charge in [-0.05, 0) is 140 Å².